The highest BCUT2D eigenvalue weighted by Crippen LogP contribution is 2.36. The molecule has 0 aromatic heterocycles. The summed E-state index contributed by atoms with van der Waals surface area (Å²) in [6.07, 6.45) is 8.26. The zero-order valence-corrected chi connectivity index (χ0v) is 20.4. The maximum atomic E-state index is 12.4. The predicted molar refractivity (Wildman–Crippen MR) is 135 cm³/mol. The molecule has 2 aromatic carbocycles. The van der Waals surface area contributed by atoms with E-state index in [2.05, 4.69) is 18.3 Å². The number of ketones is 1. The van der Waals surface area contributed by atoms with E-state index in [4.69, 9.17) is 4.74 Å². The van der Waals surface area contributed by atoms with Crippen LogP contribution in [0.5, 0.6) is 5.75 Å². The summed E-state index contributed by atoms with van der Waals surface area (Å²) in [6, 6.07) is 12.2. The number of ether oxygens (including phenoxy) is 1. The lowest BCUT2D eigenvalue weighted by Gasteiger charge is -2.35. The SMILES string of the molecule is CCCCCC(=O)c1cc2c3c(c1)CCC(=O)N3CCC2.CNCCc1ccccc1OC. The molecule has 0 bridgehead atoms. The van der Waals surface area contributed by atoms with E-state index in [9.17, 15) is 9.59 Å². The van der Waals surface area contributed by atoms with Crippen LogP contribution >= 0.6 is 0 Å². The summed E-state index contributed by atoms with van der Waals surface area (Å²) in [5.41, 5.74) is 5.63. The van der Waals surface area contributed by atoms with Crippen molar-refractivity contribution in [1.29, 1.82) is 0 Å². The Balaban J connectivity index is 0.000000218. The first kappa shape index (κ1) is 25.0. The molecule has 0 fully saturated rings. The van der Waals surface area contributed by atoms with E-state index in [0.29, 0.717) is 12.8 Å². The number of para-hydroxylation sites is 1. The molecule has 4 rings (SSSR count). The molecule has 2 aliphatic rings. The van der Waals surface area contributed by atoms with Gasteiger partial charge in [-0.05, 0) is 80.6 Å². The first-order chi connectivity index (χ1) is 16.1. The molecule has 0 saturated heterocycles. The standard InChI is InChI=1S/C18H23NO2.C10H15NO/c1-2-3-4-7-16(20)15-11-13-6-5-10-19-17(21)9-8-14(12-15)18(13)19;1-11-8-7-9-5-3-4-6-10(9)12-2/h11-12H,2-10H2,1H3;3-6,11H,7-8H2,1-2H3. The third kappa shape index (κ3) is 6.44. The lowest BCUT2D eigenvalue weighted by Crippen LogP contribution is -2.39. The van der Waals surface area contributed by atoms with Gasteiger partial charge in [0.25, 0.3) is 0 Å². The second kappa shape index (κ2) is 12.5. The summed E-state index contributed by atoms with van der Waals surface area (Å²) in [5.74, 6) is 1.48. The van der Waals surface area contributed by atoms with Crippen molar-refractivity contribution in [3.8, 4) is 5.75 Å². The highest BCUT2D eigenvalue weighted by molar-refractivity contribution is 6.01. The Kier molecular flexibility index (Phi) is 9.49. The number of carbonyl (C=O) groups excluding carboxylic acids is 2. The van der Waals surface area contributed by atoms with Crippen molar-refractivity contribution in [2.24, 2.45) is 0 Å². The van der Waals surface area contributed by atoms with Crippen molar-refractivity contribution >= 4 is 17.4 Å². The number of methoxy groups -OCH3 is 1. The molecular formula is C28H38N2O3. The molecule has 0 saturated carbocycles. The van der Waals surface area contributed by atoms with Gasteiger partial charge in [0.2, 0.25) is 5.91 Å². The van der Waals surface area contributed by atoms with Gasteiger partial charge in [-0.1, -0.05) is 38.0 Å². The maximum absolute atomic E-state index is 12.4. The van der Waals surface area contributed by atoms with Crippen molar-refractivity contribution in [3.63, 3.8) is 0 Å². The number of nitrogens with zero attached hydrogens (tertiary/aromatic N) is 1. The molecule has 1 N–H and O–H groups in total. The van der Waals surface area contributed by atoms with Crippen LogP contribution in [0, 0.1) is 0 Å². The van der Waals surface area contributed by atoms with Crippen molar-refractivity contribution in [3.05, 3.63) is 58.7 Å². The summed E-state index contributed by atoms with van der Waals surface area (Å²) in [6.45, 7) is 3.97. The second-order valence-corrected chi connectivity index (χ2v) is 8.84. The average Bonchev–Trinajstić information content (AvgIpc) is 2.85. The number of Topliss-reactive ketones (excluding diaryl/α,β-unsaturated/α-hetero) is 1. The Morgan fingerprint density at radius 2 is 1.85 bits per heavy atom. The maximum Gasteiger partial charge on any atom is 0.227 e. The minimum Gasteiger partial charge on any atom is -0.496 e. The van der Waals surface area contributed by atoms with Gasteiger partial charge >= 0.3 is 0 Å². The molecule has 2 aliphatic heterocycles. The number of aryl methyl sites for hydroxylation is 2. The molecule has 0 aliphatic carbocycles. The molecule has 5 nitrogen and oxygen atoms in total. The Morgan fingerprint density at radius 3 is 2.58 bits per heavy atom. The van der Waals surface area contributed by atoms with E-state index < -0.39 is 0 Å². The molecule has 1 amide bonds. The molecule has 178 valence electrons. The van der Waals surface area contributed by atoms with Crippen molar-refractivity contribution in [2.75, 3.05) is 32.1 Å². The van der Waals surface area contributed by atoms with Gasteiger partial charge in [-0.3, -0.25) is 9.59 Å². The number of hydrogen-bond donors (Lipinski definition) is 1. The lowest BCUT2D eigenvalue weighted by atomic mass is 9.88. The van der Waals surface area contributed by atoms with Gasteiger partial charge in [0, 0.05) is 24.9 Å². The highest BCUT2D eigenvalue weighted by Gasteiger charge is 2.30. The quantitative estimate of drug-likeness (QED) is 0.425. The number of anilines is 1. The first-order valence-corrected chi connectivity index (χ1v) is 12.3. The fourth-order valence-electron chi connectivity index (χ4n) is 4.66. The number of carbonyl (C=O) groups is 2. The van der Waals surface area contributed by atoms with E-state index in [1.165, 1.54) is 16.7 Å². The van der Waals surface area contributed by atoms with Crippen molar-refractivity contribution < 1.29 is 14.3 Å². The van der Waals surface area contributed by atoms with Crippen LogP contribution in [0.2, 0.25) is 0 Å². The molecule has 2 aromatic rings. The van der Waals surface area contributed by atoms with Crippen LogP contribution in [0.15, 0.2) is 36.4 Å². The van der Waals surface area contributed by atoms with Crippen LogP contribution in [0.3, 0.4) is 0 Å². The molecule has 33 heavy (non-hydrogen) atoms. The summed E-state index contributed by atoms with van der Waals surface area (Å²) < 4.78 is 5.21. The third-order valence-corrected chi connectivity index (χ3v) is 6.44. The van der Waals surface area contributed by atoms with E-state index in [1.807, 2.05) is 42.3 Å². The topological polar surface area (TPSA) is 58.6 Å². The Bertz CT molecular complexity index is 937. The lowest BCUT2D eigenvalue weighted by molar-refractivity contribution is -0.119. The Labute approximate surface area is 198 Å². The normalized spacial score (nSPS) is 14.3. The van der Waals surface area contributed by atoms with Gasteiger partial charge in [-0.15, -0.1) is 0 Å². The largest absolute Gasteiger partial charge is 0.496 e. The molecule has 2 heterocycles. The Hall–Kier alpha value is -2.66. The second-order valence-electron chi connectivity index (χ2n) is 8.84. The number of nitrogens with one attached hydrogen (secondary N) is 1. The summed E-state index contributed by atoms with van der Waals surface area (Å²) in [4.78, 5) is 26.3. The van der Waals surface area contributed by atoms with Crippen LogP contribution in [-0.2, 0) is 24.1 Å². The number of unbranched alkanes of at least 4 members (excludes halogenated alkanes) is 2. The van der Waals surface area contributed by atoms with E-state index in [1.54, 1.807) is 7.11 Å². The fraction of sp³-hybridized carbons (Fsp3) is 0.500. The summed E-state index contributed by atoms with van der Waals surface area (Å²) >= 11 is 0. The van der Waals surface area contributed by atoms with Crippen LogP contribution in [0.4, 0.5) is 5.69 Å². The number of rotatable bonds is 9. The van der Waals surface area contributed by atoms with Crippen LogP contribution in [0.25, 0.3) is 0 Å². The van der Waals surface area contributed by atoms with Crippen LogP contribution in [0.1, 0.15) is 72.5 Å². The zero-order valence-electron chi connectivity index (χ0n) is 20.4. The first-order valence-electron chi connectivity index (χ1n) is 12.3. The minimum absolute atomic E-state index is 0.241. The monoisotopic (exact) mass is 450 g/mol. The van der Waals surface area contributed by atoms with Gasteiger partial charge in [0.05, 0.1) is 12.8 Å². The molecule has 0 spiro atoms. The van der Waals surface area contributed by atoms with Gasteiger partial charge in [0.1, 0.15) is 5.75 Å². The third-order valence-electron chi connectivity index (χ3n) is 6.44. The summed E-state index contributed by atoms with van der Waals surface area (Å²) in [7, 11) is 3.66. The van der Waals surface area contributed by atoms with E-state index >= 15 is 0 Å². The van der Waals surface area contributed by atoms with Gasteiger partial charge < -0.3 is 15.0 Å². The van der Waals surface area contributed by atoms with Crippen LogP contribution in [-0.4, -0.2) is 38.9 Å². The molecule has 0 atom stereocenters. The summed E-state index contributed by atoms with van der Waals surface area (Å²) in [5, 5.41) is 3.11. The van der Waals surface area contributed by atoms with E-state index in [0.717, 1.165) is 75.0 Å². The number of hydrogen-bond acceptors (Lipinski definition) is 4. The van der Waals surface area contributed by atoms with Crippen molar-refractivity contribution in [1.82, 2.24) is 5.32 Å². The predicted octanol–water partition coefficient (Wildman–Crippen LogP) is 5.13. The minimum atomic E-state index is 0.241. The van der Waals surface area contributed by atoms with Crippen molar-refractivity contribution in [2.45, 2.75) is 64.7 Å². The van der Waals surface area contributed by atoms with E-state index in [-0.39, 0.29) is 11.7 Å². The number of likely N-dealkylation sites (N-methyl/N-ethyl adjacent to an activating group) is 1. The highest BCUT2D eigenvalue weighted by atomic mass is 16.5. The van der Waals surface area contributed by atoms with Gasteiger partial charge in [-0.2, -0.15) is 0 Å². The fourth-order valence-corrected chi connectivity index (χ4v) is 4.66. The molecular weight excluding hydrogens is 412 g/mol. The van der Waals surface area contributed by atoms with Gasteiger partial charge in [0.15, 0.2) is 5.78 Å². The number of amides is 1. The van der Waals surface area contributed by atoms with Gasteiger partial charge in [-0.25, -0.2) is 0 Å². The molecule has 0 unspecified atom stereocenters. The van der Waals surface area contributed by atoms with Crippen LogP contribution < -0.4 is 15.0 Å². The molecule has 0 radical (unpaired) electrons. The smallest absolute Gasteiger partial charge is 0.227 e. The number of benzene rings is 2. The molecule has 5 heteroatoms. The Morgan fingerprint density at radius 1 is 1.09 bits per heavy atom. The zero-order chi connectivity index (χ0) is 23.6. The average molecular weight is 451 g/mol.